The number of nitrogens with one attached hydrogen (secondary N) is 1. The highest BCUT2D eigenvalue weighted by Gasteiger charge is 2.22. The number of halogens is 1. The molecule has 1 saturated heterocycles. The molecular formula is C15H21FN4. The molecule has 0 saturated carbocycles. The predicted octanol–water partition coefficient (Wildman–Crippen LogP) is 1.32. The van der Waals surface area contributed by atoms with Gasteiger partial charge in [0.1, 0.15) is 11.7 Å². The van der Waals surface area contributed by atoms with Crippen LogP contribution < -0.4 is 10.2 Å². The fourth-order valence-electron chi connectivity index (χ4n) is 2.76. The highest BCUT2D eigenvalue weighted by molar-refractivity contribution is 6.04. The summed E-state index contributed by atoms with van der Waals surface area (Å²) in [6.07, 6.45) is 1.02. The molecule has 2 aliphatic rings. The van der Waals surface area contributed by atoms with E-state index < -0.39 is 0 Å². The van der Waals surface area contributed by atoms with E-state index in [4.69, 9.17) is 0 Å². The van der Waals surface area contributed by atoms with Gasteiger partial charge >= 0.3 is 0 Å². The number of nitrogens with zero attached hydrogens (tertiary/aromatic N) is 3. The summed E-state index contributed by atoms with van der Waals surface area (Å²) in [5, 5.41) is 3.24. The minimum atomic E-state index is -0.186. The molecule has 3 rings (SSSR count). The zero-order valence-electron chi connectivity index (χ0n) is 11.9. The Balaban J connectivity index is 1.94. The third-order valence-corrected chi connectivity index (χ3v) is 3.97. The summed E-state index contributed by atoms with van der Waals surface area (Å²) in [5.74, 6) is 0.526. The van der Waals surface area contributed by atoms with Crippen molar-refractivity contribution in [1.29, 1.82) is 0 Å². The van der Waals surface area contributed by atoms with Gasteiger partial charge in [-0.2, -0.15) is 0 Å². The Morgan fingerprint density at radius 3 is 2.70 bits per heavy atom. The number of hydrogen-bond acceptors (Lipinski definition) is 4. The van der Waals surface area contributed by atoms with E-state index in [0.717, 1.165) is 51.4 Å². The van der Waals surface area contributed by atoms with Crippen LogP contribution in [0.1, 0.15) is 12.0 Å². The molecule has 0 atom stereocenters. The Morgan fingerprint density at radius 1 is 1.20 bits per heavy atom. The van der Waals surface area contributed by atoms with Gasteiger partial charge in [0, 0.05) is 39.3 Å². The first kappa shape index (κ1) is 13.4. The minimum Gasteiger partial charge on any atom is -0.370 e. The van der Waals surface area contributed by atoms with Crippen LogP contribution in [0.2, 0.25) is 0 Å². The Kier molecular flexibility index (Phi) is 3.87. The zero-order valence-corrected chi connectivity index (χ0v) is 11.9. The average Bonchev–Trinajstić information content (AvgIpc) is 2.49. The lowest BCUT2D eigenvalue weighted by atomic mass is 10.1. The highest BCUT2D eigenvalue weighted by Crippen LogP contribution is 2.25. The third kappa shape index (κ3) is 2.63. The topological polar surface area (TPSA) is 30.9 Å². The first-order chi connectivity index (χ1) is 9.75. The van der Waals surface area contributed by atoms with Crippen LogP contribution in [-0.4, -0.2) is 57.1 Å². The molecule has 1 fully saturated rings. The summed E-state index contributed by atoms with van der Waals surface area (Å²) in [6, 6.07) is 5.31. The van der Waals surface area contributed by atoms with Gasteiger partial charge in [-0.1, -0.05) is 6.07 Å². The van der Waals surface area contributed by atoms with Gasteiger partial charge in [-0.25, -0.2) is 4.39 Å². The van der Waals surface area contributed by atoms with Crippen LogP contribution in [0.15, 0.2) is 23.2 Å². The summed E-state index contributed by atoms with van der Waals surface area (Å²) in [4.78, 5) is 9.02. The monoisotopic (exact) mass is 276 g/mol. The predicted molar refractivity (Wildman–Crippen MR) is 80.1 cm³/mol. The molecule has 4 nitrogen and oxygen atoms in total. The summed E-state index contributed by atoms with van der Waals surface area (Å²) in [5.41, 5.74) is 1.60. The third-order valence-electron chi connectivity index (χ3n) is 3.97. The first-order valence-corrected chi connectivity index (χ1v) is 7.26. The van der Waals surface area contributed by atoms with Gasteiger partial charge in [0.05, 0.1) is 11.3 Å². The molecule has 5 heteroatoms. The van der Waals surface area contributed by atoms with E-state index in [9.17, 15) is 4.39 Å². The van der Waals surface area contributed by atoms with Crippen molar-refractivity contribution in [3.63, 3.8) is 0 Å². The quantitative estimate of drug-likeness (QED) is 0.884. The van der Waals surface area contributed by atoms with Gasteiger partial charge in [0.2, 0.25) is 0 Å². The van der Waals surface area contributed by atoms with E-state index in [1.54, 1.807) is 6.07 Å². The molecular weight excluding hydrogens is 255 g/mol. The number of benzene rings is 1. The van der Waals surface area contributed by atoms with Crippen LogP contribution in [0.5, 0.6) is 0 Å². The number of aliphatic imine (C=N–C) groups is 1. The molecule has 20 heavy (non-hydrogen) atoms. The van der Waals surface area contributed by atoms with Gasteiger partial charge in [-0.15, -0.1) is 0 Å². The maximum Gasteiger partial charge on any atom is 0.136 e. The van der Waals surface area contributed by atoms with Crippen LogP contribution in [0.25, 0.3) is 0 Å². The van der Waals surface area contributed by atoms with Gasteiger partial charge in [-0.05, 0) is 25.6 Å². The maximum atomic E-state index is 14.3. The fraction of sp³-hybridized carbons (Fsp3) is 0.533. The van der Waals surface area contributed by atoms with Crippen molar-refractivity contribution in [3.05, 3.63) is 29.6 Å². The molecule has 2 heterocycles. The van der Waals surface area contributed by atoms with Gasteiger partial charge in [0.25, 0.3) is 0 Å². The Labute approximate surface area is 119 Å². The minimum absolute atomic E-state index is 0.186. The van der Waals surface area contributed by atoms with E-state index in [1.807, 2.05) is 6.07 Å². The summed E-state index contributed by atoms with van der Waals surface area (Å²) < 4.78 is 14.3. The number of hydrogen-bond donors (Lipinski definition) is 1. The second-order valence-electron chi connectivity index (χ2n) is 5.43. The summed E-state index contributed by atoms with van der Waals surface area (Å²) in [6.45, 7) is 5.53. The van der Waals surface area contributed by atoms with E-state index in [2.05, 4.69) is 27.2 Å². The normalized spacial score (nSPS) is 20.5. The number of rotatable bonds is 2. The lowest BCUT2D eigenvalue weighted by molar-refractivity contribution is 0.312. The SMILES string of the molecule is CN1CCN(c2cccc(F)c2C2=NCCCN2)CC1. The second kappa shape index (κ2) is 5.79. The second-order valence-corrected chi connectivity index (χ2v) is 5.43. The lowest BCUT2D eigenvalue weighted by Gasteiger charge is -2.35. The van der Waals surface area contributed by atoms with Crippen LogP contribution in [0.3, 0.4) is 0 Å². The molecule has 1 aromatic carbocycles. The first-order valence-electron chi connectivity index (χ1n) is 7.26. The molecule has 108 valence electrons. The van der Waals surface area contributed by atoms with E-state index in [1.165, 1.54) is 6.07 Å². The zero-order chi connectivity index (χ0) is 13.9. The van der Waals surface area contributed by atoms with Gasteiger partial charge < -0.3 is 15.1 Å². The molecule has 0 amide bonds. The van der Waals surface area contributed by atoms with E-state index >= 15 is 0 Å². The van der Waals surface area contributed by atoms with Crippen LogP contribution in [0.4, 0.5) is 10.1 Å². The van der Waals surface area contributed by atoms with Crippen molar-refractivity contribution in [3.8, 4) is 0 Å². The number of anilines is 1. The van der Waals surface area contributed by atoms with E-state index in [0.29, 0.717) is 11.4 Å². The van der Waals surface area contributed by atoms with Crippen LogP contribution >= 0.6 is 0 Å². The van der Waals surface area contributed by atoms with Crippen molar-refractivity contribution < 1.29 is 4.39 Å². The van der Waals surface area contributed by atoms with Gasteiger partial charge in [0.15, 0.2) is 0 Å². The van der Waals surface area contributed by atoms with Crippen LogP contribution in [-0.2, 0) is 0 Å². The molecule has 1 aromatic rings. The molecule has 0 radical (unpaired) electrons. The largest absolute Gasteiger partial charge is 0.370 e. The maximum absolute atomic E-state index is 14.3. The number of amidine groups is 1. The smallest absolute Gasteiger partial charge is 0.136 e. The van der Waals surface area contributed by atoms with Crippen molar-refractivity contribution in [2.24, 2.45) is 4.99 Å². The molecule has 0 spiro atoms. The molecule has 0 bridgehead atoms. The van der Waals surface area contributed by atoms with Crippen molar-refractivity contribution >= 4 is 11.5 Å². The molecule has 0 unspecified atom stereocenters. The molecule has 0 aromatic heterocycles. The Bertz CT molecular complexity index is 507. The lowest BCUT2D eigenvalue weighted by Crippen LogP contribution is -2.45. The average molecular weight is 276 g/mol. The summed E-state index contributed by atoms with van der Waals surface area (Å²) >= 11 is 0. The molecule has 1 N–H and O–H groups in total. The van der Waals surface area contributed by atoms with Crippen molar-refractivity contribution in [2.75, 3.05) is 51.2 Å². The van der Waals surface area contributed by atoms with Crippen LogP contribution in [0, 0.1) is 5.82 Å². The molecule has 2 aliphatic heterocycles. The summed E-state index contributed by atoms with van der Waals surface area (Å²) in [7, 11) is 2.12. The molecule has 0 aliphatic carbocycles. The van der Waals surface area contributed by atoms with Crippen molar-refractivity contribution in [1.82, 2.24) is 10.2 Å². The number of piperazine rings is 1. The Hall–Kier alpha value is -1.62. The standard InChI is InChI=1S/C15H21FN4/c1-19-8-10-20(11-9-19)13-5-2-4-12(16)14(13)15-17-6-3-7-18-15/h2,4-5H,3,6-11H2,1H3,(H,17,18). The van der Waals surface area contributed by atoms with Crippen molar-refractivity contribution in [2.45, 2.75) is 6.42 Å². The number of likely N-dealkylation sites (N-methyl/N-ethyl adjacent to an activating group) is 1. The van der Waals surface area contributed by atoms with Gasteiger partial charge in [-0.3, -0.25) is 4.99 Å². The van der Waals surface area contributed by atoms with E-state index in [-0.39, 0.29) is 5.82 Å². The Morgan fingerprint density at radius 2 is 2.00 bits per heavy atom. The fourth-order valence-corrected chi connectivity index (χ4v) is 2.76. The highest BCUT2D eigenvalue weighted by atomic mass is 19.1.